The number of piperazine rings is 1. The summed E-state index contributed by atoms with van der Waals surface area (Å²) in [7, 11) is 0. The number of aryl methyl sites for hydroxylation is 2. The van der Waals surface area contributed by atoms with E-state index in [1.165, 1.54) is 35.2 Å². The number of hydrogen-bond donors (Lipinski definition) is 0. The van der Waals surface area contributed by atoms with Gasteiger partial charge in [-0.25, -0.2) is 9.48 Å². The van der Waals surface area contributed by atoms with E-state index >= 15 is 0 Å². The SMILES string of the molecule is CCOC(=O)N1CCN([C@@H]2CCCN(Cc3c(C)cc(C)cc3-n3cccn3)C2)CC1. The third-order valence-electron chi connectivity index (χ3n) is 6.56. The van der Waals surface area contributed by atoms with Gasteiger partial charge in [0.15, 0.2) is 0 Å². The fourth-order valence-corrected chi connectivity index (χ4v) is 4.98. The van der Waals surface area contributed by atoms with E-state index in [1.807, 2.05) is 35.0 Å². The molecule has 4 rings (SSSR count). The van der Waals surface area contributed by atoms with Crippen molar-refractivity contribution in [3.05, 3.63) is 47.3 Å². The number of amides is 1. The van der Waals surface area contributed by atoms with Gasteiger partial charge in [-0.2, -0.15) is 5.10 Å². The molecule has 0 N–H and O–H groups in total. The quantitative estimate of drug-likeness (QED) is 0.736. The monoisotopic (exact) mass is 425 g/mol. The third-order valence-corrected chi connectivity index (χ3v) is 6.56. The summed E-state index contributed by atoms with van der Waals surface area (Å²) in [6.07, 6.45) is 6.14. The number of carbonyl (C=O) groups excluding carboxylic acids is 1. The second-order valence-corrected chi connectivity index (χ2v) is 8.78. The van der Waals surface area contributed by atoms with E-state index in [-0.39, 0.29) is 6.09 Å². The first-order valence-corrected chi connectivity index (χ1v) is 11.5. The van der Waals surface area contributed by atoms with Crippen LogP contribution in [0.1, 0.15) is 36.5 Å². The molecular formula is C24H35N5O2. The Labute approximate surface area is 185 Å². The summed E-state index contributed by atoms with van der Waals surface area (Å²) >= 11 is 0. The van der Waals surface area contributed by atoms with Gasteiger partial charge in [0.05, 0.1) is 12.3 Å². The Morgan fingerprint density at radius 3 is 2.68 bits per heavy atom. The number of hydrogen-bond acceptors (Lipinski definition) is 5. The summed E-state index contributed by atoms with van der Waals surface area (Å²) in [5.41, 5.74) is 5.15. The van der Waals surface area contributed by atoms with E-state index in [1.54, 1.807) is 0 Å². The highest BCUT2D eigenvalue weighted by Crippen LogP contribution is 2.25. The summed E-state index contributed by atoms with van der Waals surface area (Å²) in [6, 6.07) is 7.05. The number of carbonyl (C=O) groups is 1. The maximum absolute atomic E-state index is 12.0. The van der Waals surface area contributed by atoms with Gasteiger partial charge in [0.25, 0.3) is 0 Å². The van der Waals surface area contributed by atoms with E-state index in [9.17, 15) is 4.79 Å². The van der Waals surface area contributed by atoms with E-state index < -0.39 is 0 Å². The first-order chi connectivity index (χ1) is 15.0. The number of aromatic nitrogens is 2. The Balaban J connectivity index is 1.41. The average molecular weight is 426 g/mol. The van der Waals surface area contributed by atoms with Crippen LogP contribution in [0.4, 0.5) is 4.79 Å². The van der Waals surface area contributed by atoms with Gasteiger partial charge >= 0.3 is 6.09 Å². The molecule has 2 aromatic rings. The van der Waals surface area contributed by atoms with Gasteiger partial charge in [0, 0.05) is 57.7 Å². The van der Waals surface area contributed by atoms with Crippen molar-refractivity contribution >= 4 is 6.09 Å². The minimum absolute atomic E-state index is 0.173. The lowest BCUT2D eigenvalue weighted by molar-refractivity contribution is 0.0412. The third kappa shape index (κ3) is 5.10. The van der Waals surface area contributed by atoms with Crippen molar-refractivity contribution in [2.75, 3.05) is 45.9 Å². The molecule has 7 nitrogen and oxygen atoms in total. The second kappa shape index (κ2) is 9.83. The van der Waals surface area contributed by atoms with Crippen LogP contribution in [-0.4, -0.2) is 82.5 Å². The second-order valence-electron chi connectivity index (χ2n) is 8.78. The molecule has 1 aromatic carbocycles. The number of likely N-dealkylation sites (tertiary alicyclic amines) is 1. The minimum Gasteiger partial charge on any atom is -0.450 e. The van der Waals surface area contributed by atoms with Crippen molar-refractivity contribution in [2.45, 2.75) is 46.2 Å². The zero-order valence-corrected chi connectivity index (χ0v) is 19.1. The van der Waals surface area contributed by atoms with Gasteiger partial charge in [-0.1, -0.05) is 6.07 Å². The predicted molar refractivity (Wildman–Crippen MR) is 122 cm³/mol. The summed E-state index contributed by atoms with van der Waals surface area (Å²) in [4.78, 5) is 19.0. The molecule has 2 fully saturated rings. The number of piperidine rings is 1. The molecule has 0 bridgehead atoms. The lowest BCUT2D eigenvalue weighted by Gasteiger charge is -2.43. The first-order valence-electron chi connectivity index (χ1n) is 11.5. The molecule has 0 radical (unpaired) electrons. The zero-order valence-electron chi connectivity index (χ0n) is 19.1. The van der Waals surface area contributed by atoms with Crippen LogP contribution >= 0.6 is 0 Å². The van der Waals surface area contributed by atoms with Gasteiger partial charge in [0.1, 0.15) is 0 Å². The Morgan fingerprint density at radius 2 is 1.97 bits per heavy atom. The van der Waals surface area contributed by atoms with Crippen molar-refractivity contribution in [1.29, 1.82) is 0 Å². The summed E-state index contributed by atoms with van der Waals surface area (Å²) in [6.45, 7) is 13.2. The van der Waals surface area contributed by atoms with Gasteiger partial charge in [-0.3, -0.25) is 9.80 Å². The molecule has 168 valence electrons. The topological polar surface area (TPSA) is 53.8 Å². The Morgan fingerprint density at radius 1 is 1.16 bits per heavy atom. The van der Waals surface area contributed by atoms with Crippen molar-refractivity contribution in [3.63, 3.8) is 0 Å². The maximum Gasteiger partial charge on any atom is 0.409 e. The summed E-state index contributed by atoms with van der Waals surface area (Å²) in [5.74, 6) is 0. The molecule has 2 saturated heterocycles. The van der Waals surface area contributed by atoms with Crippen LogP contribution < -0.4 is 0 Å². The van der Waals surface area contributed by atoms with E-state index in [4.69, 9.17) is 4.74 Å². The van der Waals surface area contributed by atoms with Crippen molar-refractivity contribution in [1.82, 2.24) is 24.5 Å². The molecule has 0 spiro atoms. The summed E-state index contributed by atoms with van der Waals surface area (Å²) in [5, 5.41) is 4.49. The molecule has 1 amide bonds. The Kier molecular flexibility index (Phi) is 6.92. The molecule has 0 aliphatic carbocycles. The highest BCUT2D eigenvalue weighted by molar-refractivity contribution is 5.67. The fourth-order valence-electron chi connectivity index (χ4n) is 4.98. The molecule has 1 aromatic heterocycles. The molecule has 1 atom stereocenters. The molecule has 0 saturated carbocycles. The highest BCUT2D eigenvalue weighted by Gasteiger charge is 2.30. The lowest BCUT2D eigenvalue weighted by Crippen LogP contribution is -2.55. The number of ether oxygens (including phenoxy) is 1. The normalized spacial score (nSPS) is 20.7. The molecule has 2 aliphatic heterocycles. The lowest BCUT2D eigenvalue weighted by atomic mass is 9.99. The van der Waals surface area contributed by atoms with Crippen molar-refractivity contribution in [2.24, 2.45) is 0 Å². The van der Waals surface area contributed by atoms with E-state index in [2.05, 4.69) is 40.9 Å². The van der Waals surface area contributed by atoms with Gasteiger partial charge < -0.3 is 9.64 Å². The Bertz CT molecular complexity index is 874. The largest absolute Gasteiger partial charge is 0.450 e. The first kappa shape index (κ1) is 21.8. The number of benzene rings is 1. The summed E-state index contributed by atoms with van der Waals surface area (Å²) < 4.78 is 7.15. The van der Waals surface area contributed by atoms with Crippen LogP contribution in [0.3, 0.4) is 0 Å². The van der Waals surface area contributed by atoms with Crippen molar-refractivity contribution < 1.29 is 9.53 Å². The van der Waals surface area contributed by atoms with Gasteiger partial charge in [-0.15, -0.1) is 0 Å². The van der Waals surface area contributed by atoms with Crippen LogP contribution in [-0.2, 0) is 11.3 Å². The van der Waals surface area contributed by atoms with Crippen LogP contribution in [0.15, 0.2) is 30.6 Å². The standard InChI is InChI=1S/C24H35N5O2/c1-4-31-24(30)28-13-11-27(12-14-28)21-7-5-9-26(17-21)18-22-20(3)15-19(2)16-23(22)29-10-6-8-25-29/h6,8,10,15-16,21H,4-5,7,9,11-14,17-18H2,1-3H3/t21-/m1/s1. The molecular weight excluding hydrogens is 390 g/mol. The minimum atomic E-state index is -0.173. The van der Waals surface area contributed by atoms with Gasteiger partial charge in [0.2, 0.25) is 0 Å². The predicted octanol–water partition coefficient (Wildman–Crippen LogP) is 3.23. The molecule has 0 unspecified atom stereocenters. The average Bonchev–Trinajstić information content (AvgIpc) is 3.31. The van der Waals surface area contributed by atoms with Crippen LogP contribution in [0, 0.1) is 13.8 Å². The molecule has 3 heterocycles. The number of nitrogens with zero attached hydrogens (tertiary/aromatic N) is 5. The zero-order chi connectivity index (χ0) is 21.8. The van der Waals surface area contributed by atoms with Crippen molar-refractivity contribution in [3.8, 4) is 5.69 Å². The van der Waals surface area contributed by atoms with Gasteiger partial charge in [-0.05, 0) is 69.0 Å². The molecule has 2 aliphatic rings. The van der Waals surface area contributed by atoms with Crippen LogP contribution in [0.2, 0.25) is 0 Å². The smallest absolute Gasteiger partial charge is 0.409 e. The highest BCUT2D eigenvalue weighted by atomic mass is 16.6. The number of rotatable bonds is 5. The maximum atomic E-state index is 12.0. The van der Waals surface area contributed by atoms with E-state index in [0.717, 1.165) is 45.8 Å². The van der Waals surface area contributed by atoms with Crippen LogP contribution in [0.25, 0.3) is 5.69 Å². The molecule has 7 heteroatoms. The van der Waals surface area contributed by atoms with Crippen LogP contribution in [0.5, 0.6) is 0 Å². The Hall–Kier alpha value is -2.38. The fraction of sp³-hybridized carbons (Fsp3) is 0.583. The van der Waals surface area contributed by atoms with E-state index in [0.29, 0.717) is 12.6 Å². The molecule has 31 heavy (non-hydrogen) atoms.